The van der Waals surface area contributed by atoms with E-state index in [2.05, 4.69) is 38.2 Å². The van der Waals surface area contributed by atoms with E-state index in [0.29, 0.717) is 0 Å². The van der Waals surface area contributed by atoms with Crippen LogP contribution in [0.25, 0.3) is 0 Å². The smallest absolute Gasteiger partial charge is 0.325 e. The molecule has 1 rings (SSSR count). The molecular weight excluding hydrogens is 226 g/mol. The molecule has 3 nitrogen and oxygen atoms in total. The SMILES string of the molecule is CC(C)OC(=O)CNc1ccc(C(C)(C)C)cc1. The molecular formula is C15H23NO2. The Hall–Kier alpha value is -1.51. The van der Waals surface area contributed by atoms with Crippen molar-refractivity contribution in [1.29, 1.82) is 0 Å². The lowest BCUT2D eigenvalue weighted by molar-refractivity contribution is -0.145. The maximum Gasteiger partial charge on any atom is 0.325 e. The molecule has 0 bridgehead atoms. The van der Waals surface area contributed by atoms with Gasteiger partial charge in [-0.05, 0) is 37.0 Å². The third-order valence-corrected chi connectivity index (χ3v) is 2.55. The Bertz CT molecular complexity index is 388. The zero-order valence-electron chi connectivity index (χ0n) is 11.9. The Morgan fingerprint density at radius 1 is 1.22 bits per heavy atom. The second kappa shape index (κ2) is 5.89. The minimum atomic E-state index is -0.232. The van der Waals surface area contributed by atoms with Crippen LogP contribution in [-0.4, -0.2) is 18.6 Å². The minimum Gasteiger partial charge on any atom is -0.462 e. The van der Waals surface area contributed by atoms with E-state index in [0.717, 1.165) is 5.69 Å². The zero-order valence-corrected chi connectivity index (χ0v) is 11.9. The van der Waals surface area contributed by atoms with Crippen LogP contribution < -0.4 is 5.32 Å². The van der Waals surface area contributed by atoms with Gasteiger partial charge in [0.1, 0.15) is 6.54 Å². The van der Waals surface area contributed by atoms with Crippen molar-refractivity contribution in [2.24, 2.45) is 0 Å². The molecule has 1 N–H and O–H groups in total. The number of hydrogen-bond donors (Lipinski definition) is 1. The van der Waals surface area contributed by atoms with E-state index in [9.17, 15) is 4.79 Å². The fourth-order valence-electron chi connectivity index (χ4n) is 1.57. The number of anilines is 1. The molecule has 0 unspecified atom stereocenters. The summed E-state index contributed by atoms with van der Waals surface area (Å²) in [6.07, 6.45) is -0.0671. The Balaban J connectivity index is 2.52. The highest BCUT2D eigenvalue weighted by Crippen LogP contribution is 2.23. The molecule has 0 aliphatic carbocycles. The lowest BCUT2D eigenvalue weighted by Gasteiger charge is -2.19. The van der Waals surface area contributed by atoms with Gasteiger partial charge in [0.05, 0.1) is 6.10 Å². The fraction of sp³-hybridized carbons (Fsp3) is 0.533. The van der Waals surface area contributed by atoms with Crippen LogP contribution in [0.5, 0.6) is 0 Å². The number of nitrogens with one attached hydrogen (secondary N) is 1. The first-order chi connectivity index (χ1) is 8.29. The molecule has 0 atom stereocenters. The van der Waals surface area contributed by atoms with E-state index >= 15 is 0 Å². The van der Waals surface area contributed by atoms with Gasteiger partial charge in [0.2, 0.25) is 0 Å². The van der Waals surface area contributed by atoms with Crippen LogP contribution in [0.1, 0.15) is 40.2 Å². The maximum atomic E-state index is 11.4. The Kier molecular flexibility index (Phi) is 4.76. The van der Waals surface area contributed by atoms with Crippen molar-refractivity contribution in [3.63, 3.8) is 0 Å². The highest BCUT2D eigenvalue weighted by molar-refractivity contribution is 5.75. The van der Waals surface area contributed by atoms with Crippen LogP contribution >= 0.6 is 0 Å². The van der Waals surface area contributed by atoms with Gasteiger partial charge in [-0.2, -0.15) is 0 Å². The van der Waals surface area contributed by atoms with Crippen molar-refractivity contribution in [1.82, 2.24) is 0 Å². The molecule has 0 amide bonds. The highest BCUT2D eigenvalue weighted by Gasteiger charge is 2.13. The number of ether oxygens (including phenoxy) is 1. The molecule has 0 radical (unpaired) electrons. The summed E-state index contributed by atoms with van der Waals surface area (Å²) in [6, 6.07) is 8.14. The van der Waals surface area contributed by atoms with Crippen molar-refractivity contribution in [2.75, 3.05) is 11.9 Å². The number of benzene rings is 1. The Morgan fingerprint density at radius 2 is 1.78 bits per heavy atom. The van der Waals surface area contributed by atoms with Gasteiger partial charge in [-0.1, -0.05) is 32.9 Å². The first-order valence-corrected chi connectivity index (χ1v) is 6.33. The third kappa shape index (κ3) is 4.78. The summed E-state index contributed by atoms with van der Waals surface area (Å²) in [5.74, 6) is -0.232. The van der Waals surface area contributed by atoms with Gasteiger partial charge < -0.3 is 10.1 Å². The van der Waals surface area contributed by atoms with Gasteiger partial charge in [0, 0.05) is 5.69 Å². The topological polar surface area (TPSA) is 38.3 Å². The minimum absolute atomic E-state index is 0.0671. The number of esters is 1. The summed E-state index contributed by atoms with van der Waals surface area (Å²) in [5, 5.41) is 3.05. The second-order valence-electron chi connectivity index (χ2n) is 5.72. The van der Waals surface area contributed by atoms with E-state index < -0.39 is 0 Å². The lowest BCUT2D eigenvalue weighted by Crippen LogP contribution is -2.20. The Morgan fingerprint density at radius 3 is 2.22 bits per heavy atom. The van der Waals surface area contributed by atoms with Gasteiger partial charge in [0.25, 0.3) is 0 Å². The zero-order chi connectivity index (χ0) is 13.8. The largest absolute Gasteiger partial charge is 0.462 e. The number of carbonyl (C=O) groups is 1. The van der Waals surface area contributed by atoms with E-state index in [1.54, 1.807) is 0 Å². The van der Waals surface area contributed by atoms with Crippen LogP contribution in [0.2, 0.25) is 0 Å². The monoisotopic (exact) mass is 249 g/mol. The molecule has 1 aromatic carbocycles. The molecule has 0 aliphatic rings. The molecule has 0 spiro atoms. The molecule has 0 aromatic heterocycles. The van der Waals surface area contributed by atoms with Gasteiger partial charge in [0.15, 0.2) is 0 Å². The molecule has 0 heterocycles. The normalized spacial score (nSPS) is 11.4. The first kappa shape index (κ1) is 14.6. The van der Waals surface area contributed by atoms with E-state index in [-0.39, 0.29) is 24.0 Å². The summed E-state index contributed by atoms with van der Waals surface area (Å²) in [4.78, 5) is 11.4. The second-order valence-corrected chi connectivity index (χ2v) is 5.72. The summed E-state index contributed by atoms with van der Waals surface area (Å²) in [6.45, 7) is 10.4. The van der Waals surface area contributed by atoms with E-state index in [1.807, 2.05) is 26.0 Å². The summed E-state index contributed by atoms with van der Waals surface area (Å²) >= 11 is 0. The lowest BCUT2D eigenvalue weighted by atomic mass is 9.87. The van der Waals surface area contributed by atoms with Crippen molar-refractivity contribution < 1.29 is 9.53 Å². The molecule has 3 heteroatoms. The van der Waals surface area contributed by atoms with Gasteiger partial charge in [-0.3, -0.25) is 4.79 Å². The predicted octanol–water partition coefficient (Wildman–Crippen LogP) is 3.35. The van der Waals surface area contributed by atoms with Crippen LogP contribution in [-0.2, 0) is 14.9 Å². The van der Waals surface area contributed by atoms with Crippen LogP contribution in [0.15, 0.2) is 24.3 Å². The van der Waals surface area contributed by atoms with Crippen molar-refractivity contribution in [3.05, 3.63) is 29.8 Å². The van der Waals surface area contributed by atoms with Crippen LogP contribution in [0.4, 0.5) is 5.69 Å². The Labute approximate surface area is 110 Å². The van der Waals surface area contributed by atoms with E-state index in [4.69, 9.17) is 4.74 Å². The number of hydrogen-bond acceptors (Lipinski definition) is 3. The molecule has 0 saturated carbocycles. The van der Waals surface area contributed by atoms with Gasteiger partial charge >= 0.3 is 5.97 Å². The fourth-order valence-corrected chi connectivity index (χ4v) is 1.57. The standard InChI is InChI=1S/C15H23NO2/c1-11(2)18-14(17)10-16-13-8-6-12(7-9-13)15(3,4)5/h6-9,11,16H,10H2,1-5H3. The van der Waals surface area contributed by atoms with Crippen molar-refractivity contribution in [2.45, 2.75) is 46.1 Å². The molecule has 0 aliphatic heterocycles. The van der Waals surface area contributed by atoms with Crippen LogP contribution in [0.3, 0.4) is 0 Å². The third-order valence-electron chi connectivity index (χ3n) is 2.55. The summed E-state index contributed by atoms with van der Waals surface area (Å²) in [5.41, 5.74) is 2.36. The maximum absolute atomic E-state index is 11.4. The average Bonchev–Trinajstić information content (AvgIpc) is 2.25. The predicted molar refractivity (Wildman–Crippen MR) is 74.9 cm³/mol. The number of carbonyl (C=O) groups excluding carboxylic acids is 1. The molecule has 18 heavy (non-hydrogen) atoms. The molecule has 1 aromatic rings. The van der Waals surface area contributed by atoms with Crippen molar-refractivity contribution >= 4 is 11.7 Å². The molecule has 0 saturated heterocycles. The average molecular weight is 249 g/mol. The molecule has 0 fully saturated rings. The van der Waals surface area contributed by atoms with Crippen LogP contribution in [0, 0.1) is 0 Å². The summed E-state index contributed by atoms with van der Waals surface area (Å²) < 4.78 is 5.05. The molecule has 100 valence electrons. The van der Waals surface area contributed by atoms with Crippen molar-refractivity contribution in [3.8, 4) is 0 Å². The number of rotatable bonds is 4. The van der Waals surface area contributed by atoms with E-state index in [1.165, 1.54) is 5.56 Å². The quantitative estimate of drug-likeness (QED) is 0.832. The summed E-state index contributed by atoms with van der Waals surface area (Å²) in [7, 11) is 0. The van der Waals surface area contributed by atoms with Gasteiger partial charge in [-0.25, -0.2) is 0 Å². The van der Waals surface area contributed by atoms with Gasteiger partial charge in [-0.15, -0.1) is 0 Å². The first-order valence-electron chi connectivity index (χ1n) is 6.33. The highest BCUT2D eigenvalue weighted by atomic mass is 16.5.